The molecule has 0 radical (unpaired) electrons. The van der Waals surface area contributed by atoms with Crippen LogP contribution in [0.25, 0.3) is 0 Å². The standard InChI is InChI=1S/C17H22ClN3O/c1-4-14-15(18)20-12(2)21-16(14)19-11-10-17(3,22)13-8-6-5-7-9-13/h5-9,22H,4,10-11H2,1-3H3,(H,19,20,21). The predicted octanol–water partition coefficient (Wildman–Crippen LogP) is 3.71. The van der Waals surface area contributed by atoms with E-state index >= 15 is 0 Å². The lowest BCUT2D eigenvalue weighted by atomic mass is 9.92. The third-order valence-electron chi connectivity index (χ3n) is 3.72. The quantitative estimate of drug-likeness (QED) is 0.797. The van der Waals surface area contributed by atoms with Gasteiger partial charge in [-0.15, -0.1) is 0 Å². The number of benzene rings is 1. The van der Waals surface area contributed by atoms with E-state index in [1.807, 2.05) is 51.1 Å². The summed E-state index contributed by atoms with van der Waals surface area (Å²) in [5, 5.41) is 14.4. The van der Waals surface area contributed by atoms with Crippen LogP contribution in [0.4, 0.5) is 5.82 Å². The number of nitrogens with one attached hydrogen (secondary N) is 1. The first kappa shape index (κ1) is 16.7. The number of aliphatic hydroxyl groups is 1. The second-order valence-electron chi connectivity index (χ2n) is 5.56. The fourth-order valence-electron chi connectivity index (χ4n) is 2.39. The lowest BCUT2D eigenvalue weighted by molar-refractivity contribution is 0.0515. The fraction of sp³-hybridized carbons (Fsp3) is 0.412. The largest absolute Gasteiger partial charge is 0.385 e. The smallest absolute Gasteiger partial charge is 0.138 e. The van der Waals surface area contributed by atoms with Crippen molar-refractivity contribution in [2.24, 2.45) is 0 Å². The lowest BCUT2D eigenvalue weighted by Crippen LogP contribution is -2.25. The van der Waals surface area contributed by atoms with Crippen molar-refractivity contribution in [2.75, 3.05) is 11.9 Å². The number of hydrogen-bond donors (Lipinski definition) is 2. The van der Waals surface area contributed by atoms with Gasteiger partial charge in [0.05, 0.1) is 5.60 Å². The van der Waals surface area contributed by atoms with Gasteiger partial charge in [-0.2, -0.15) is 0 Å². The van der Waals surface area contributed by atoms with E-state index in [1.54, 1.807) is 0 Å². The zero-order valence-electron chi connectivity index (χ0n) is 13.2. The normalized spacial score (nSPS) is 13.7. The maximum Gasteiger partial charge on any atom is 0.138 e. The van der Waals surface area contributed by atoms with Crippen molar-refractivity contribution in [2.45, 2.75) is 39.2 Å². The molecule has 0 saturated carbocycles. The van der Waals surface area contributed by atoms with E-state index in [4.69, 9.17) is 11.6 Å². The molecule has 0 fully saturated rings. The molecule has 4 nitrogen and oxygen atoms in total. The summed E-state index contributed by atoms with van der Waals surface area (Å²) >= 11 is 6.16. The Kier molecular flexibility index (Phi) is 5.37. The molecule has 2 N–H and O–H groups in total. The van der Waals surface area contributed by atoms with Crippen LogP contribution in [0.5, 0.6) is 0 Å². The number of halogens is 1. The van der Waals surface area contributed by atoms with Crippen molar-refractivity contribution in [3.63, 3.8) is 0 Å². The molecule has 1 unspecified atom stereocenters. The molecule has 0 spiro atoms. The van der Waals surface area contributed by atoms with Crippen molar-refractivity contribution in [3.8, 4) is 0 Å². The van der Waals surface area contributed by atoms with Crippen molar-refractivity contribution in [1.82, 2.24) is 9.97 Å². The minimum Gasteiger partial charge on any atom is -0.385 e. The van der Waals surface area contributed by atoms with Crippen molar-refractivity contribution >= 4 is 17.4 Å². The summed E-state index contributed by atoms with van der Waals surface area (Å²) in [4.78, 5) is 8.58. The van der Waals surface area contributed by atoms with Crippen molar-refractivity contribution in [1.29, 1.82) is 0 Å². The van der Waals surface area contributed by atoms with Crippen LogP contribution >= 0.6 is 11.6 Å². The third-order valence-corrected chi connectivity index (χ3v) is 4.03. The molecule has 5 heteroatoms. The molecule has 0 aliphatic carbocycles. The molecular formula is C17H22ClN3O. The Labute approximate surface area is 136 Å². The molecule has 0 aliphatic rings. The van der Waals surface area contributed by atoms with E-state index in [-0.39, 0.29) is 0 Å². The average Bonchev–Trinajstić information content (AvgIpc) is 2.47. The Morgan fingerprint density at radius 1 is 1.23 bits per heavy atom. The second kappa shape index (κ2) is 7.07. The zero-order chi connectivity index (χ0) is 16.2. The Morgan fingerprint density at radius 3 is 2.55 bits per heavy atom. The minimum absolute atomic E-state index is 0.493. The van der Waals surface area contributed by atoms with Gasteiger partial charge in [0.15, 0.2) is 0 Å². The molecule has 0 aliphatic heterocycles. The summed E-state index contributed by atoms with van der Waals surface area (Å²) in [6, 6.07) is 9.67. The summed E-state index contributed by atoms with van der Waals surface area (Å²) in [5.41, 5.74) is 0.933. The third kappa shape index (κ3) is 3.96. The van der Waals surface area contributed by atoms with Crippen LogP contribution in [-0.4, -0.2) is 21.6 Å². The molecule has 0 saturated heterocycles. The van der Waals surface area contributed by atoms with Gasteiger partial charge in [-0.05, 0) is 32.3 Å². The van der Waals surface area contributed by atoms with E-state index < -0.39 is 5.60 Å². The second-order valence-corrected chi connectivity index (χ2v) is 5.92. The predicted molar refractivity (Wildman–Crippen MR) is 90.3 cm³/mol. The Morgan fingerprint density at radius 2 is 1.91 bits per heavy atom. The van der Waals surface area contributed by atoms with E-state index in [9.17, 15) is 5.11 Å². The van der Waals surface area contributed by atoms with Gasteiger partial charge in [0.25, 0.3) is 0 Å². The first-order valence-electron chi connectivity index (χ1n) is 7.49. The Bertz CT molecular complexity index is 629. The van der Waals surface area contributed by atoms with Gasteiger partial charge in [0.1, 0.15) is 16.8 Å². The molecule has 2 rings (SSSR count). The van der Waals surface area contributed by atoms with Crippen LogP contribution < -0.4 is 5.32 Å². The van der Waals surface area contributed by atoms with E-state index in [1.165, 1.54) is 0 Å². The summed E-state index contributed by atoms with van der Waals surface area (Å²) in [6.07, 6.45) is 1.33. The molecule has 118 valence electrons. The van der Waals surface area contributed by atoms with E-state index in [0.29, 0.717) is 23.9 Å². The summed E-state index contributed by atoms with van der Waals surface area (Å²) in [6.45, 7) is 6.26. The van der Waals surface area contributed by atoms with Crippen LogP contribution in [0.15, 0.2) is 30.3 Å². The molecular weight excluding hydrogens is 298 g/mol. The first-order chi connectivity index (χ1) is 10.4. The highest BCUT2D eigenvalue weighted by atomic mass is 35.5. The topological polar surface area (TPSA) is 58.0 Å². The number of nitrogens with zero attached hydrogens (tertiary/aromatic N) is 2. The maximum atomic E-state index is 10.6. The Hall–Kier alpha value is -1.65. The van der Waals surface area contributed by atoms with Gasteiger partial charge in [-0.3, -0.25) is 0 Å². The van der Waals surface area contributed by atoms with Crippen LogP contribution in [-0.2, 0) is 12.0 Å². The van der Waals surface area contributed by atoms with Crippen LogP contribution in [0.3, 0.4) is 0 Å². The summed E-state index contributed by atoms with van der Waals surface area (Å²) < 4.78 is 0. The van der Waals surface area contributed by atoms with Crippen molar-refractivity contribution < 1.29 is 5.11 Å². The highest BCUT2D eigenvalue weighted by Gasteiger charge is 2.22. The Balaban J connectivity index is 2.05. The van der Waals surface area contributed by atoms with Gasteiger partial charge in [0.2, 0.25) is 0 Å². The van der Waals surface area contributed by atoms with E-state index in [2.05, 4.69) is 15.3 Å². The van der Waals surface area contributed by atoms with Crippen molar-refractivity contribution in [3.05, 3.63) is 52.4 Å². The molecule has 2 aromatic rings. The molecule has 1 aromatic heterocycles. The van der Waals surface area contributed by atoms with Gasteiger partial charge in [-0.25, -0.2) is 9.97 Å². The highest BCUT2D eigenvalue weighted by molar-refractivity contribution is 6.30. The molecule has 1 aromatic carbocycles. The molecule has 1 atom stereocenters. The van der Waals surface area contributed by atoms with Gasteiger partial charge in [0, 0.05) is 12.1 Å². The number of aromatic nitrogens is 2. The minimum atomic E-state index is -0.882. The van der Waals surface area contributed by atoms with Crippen LogP contribution in [0, 0.1) is 6.92 Å². The SMILES string of the molecule is CCc1c(Cl)nc(C)nc1NCCC(C)(O)c1ccccc1. The highest BCUT2D eigenvalue weighted by Crippen LogP contribution is 2.25. The molecule has 1 heterocycles. The summed E-state index contributed by atoms with van der Waals surface area (Å²) in [7, 11) is 0. The number of hydrogen-bond acceptors (Lipinski definition) is 4. The lowest BCUT2D eigenvalue weighted by Gasteiger charge is -2.24. The maximum absolute atomic E-state index is 10.6. The molecule has 0 amide bonds. The van der Waals surface area contributed by atoms with Crippen LogP contribution in [0.1, 0.15) is 37.2 Å². The molecule has 0 bridgehead atoms. The fourth-order valence-corrected chi connectivity index (χ4v) is 2.73. The zero-order valence-corrected chi connectivity index (χ0v) is 14.0. The van der Waals surface area contributed by atoms with Crippen LogP contribution in [0.2, 0.25) is 5.15 Å². The first-order valence-corrected chi connectivity index (χ1v) is 7.86. The number of anilines is 1. The molecule has 22 heavy (non-hydrogen) atoms. The van der Waals surface area contributed by atoms with Gasteiger partial charge >= 0.3 is 0 Å². The number of rotatable bonds is 6. The van der Waals surface area contributed by atoms with E-state index in [0.717, 1.165) is 23.4 Å². The number of aryl methyl sites for hydroxylation is 1. The summed E-state index contributed by atoms with van der Waals surface area (Å²) in [5.74, 6) is 1.39. The monoisotopic (exact) mass is 319 g/mol. The van der Waals surface area contributed by atoms with Gasteiger partial charge in [-0.1, -0.05) is 48.9 Å². The average molecular weight is 320 g/mol. The van der Waals surface area contributed by atoms with Gasteiger partial charge < -0.3 is 10.4 Å².